The highest BCUT2D eigenvalue weighted by molar-refractivity contribution is 5.79. The van der Waals surface area contributed by atoms with Crippen molar-refractivity contribution in [2.75, 3.05) is 27.3 Å². The molecular formula is C21H25N5O3. The third kappa shape index (κ3) is 3.74. The summed E-state index contributed by atoms with van der Waals surface area (Å²) in [7, 11) is 5.07. The van der Waals surface area contributed by atoms with Crippen LogP contribution in [-0.2, 0) is 18.3 Å². The van der Waals surface area contributed by atoms with Gasteiger partial charge < -0.3 is 14.4 Å². The highest BCUT2D eigenvalue weighted by atomic mass is 16.5. The fourth-order valence-corrected chi connectivity index (χ4v) is 3.98. The molecule has 3 heterocycles. The van der Waals surface area contributed by atoms with Crippen LogP contribution in [0, 0.1) is 0 Å². The monoisotopic (exact) mass is 395 g/mol. The van der Waals surface area contributed by atoms with Crippen molar-refractivity contribution in [3.63, 3.8) is 0 Å². The summed E-state index contributed by atoms with van der Waals surface area (Å²) in [5.41, 5.74) is 3.44. The summed E-state index contributed by atoms with van der Waals surface area (Å²) in [6.07, 6.45) is 5.63. The number of likely N-dealkylation sites (tertiary alicyclic amines) is 1. The molecule has 8 nitrogen and oxygen atoms in total. The Kier molecular flexibility index (Phi) is 5.33. The lowest BCUT2D eigenvalue weighted by Gasteiger charge is -2.32. The maximum atomic E-state index is 13.0. The van der Waals surface area contributed by atoms with Crippen molar-refractivity contribution in [2.24, 2.45) is 7.05 Å². The van der Waals surface area contributed by atoms with Crippen LogP contribution in [-0.4, -0.2) is 57.9 Å². The number of aryl methyl sites for hydroxylation is 1. The van der Waals surface area contributed by atoms with Gasteiger partial charge in [-0.2, -0.15) is 5.10 Å². The number of ether oxygens (including phenoxy) is 2. The van der Waals surface area contributed by atoms with E-state index in [-0.39, 0.29) is 11.8 Å². The van der Waals surface area contributed by atoms with Gasteiger partial charge in [0.15, 0.2) is 17.1 Å². The van der Waals surface area contributed by atoms with Crippen molar-refractivity contribution in [3.05, 3.63) is 41.9 Å². The first-order valence-electron chi connectivity index (χ1n) is 9.73. The topological polar surface area (TPSA) is 82.4 Å². The lowest BCUT2D eigenvalue weighted by atomic mass is 9.94. The summed E-state index contributed by atoms with van der Waals surface area (Å²) >= 11 is 0. The van der Waals surface area contributed by atoms with Gasteiger partial charge in [0.2, 0.25) is 5.91 Å². The fraction of sp³-hybridized carbons (Fsp3) is 0.429. The minimum Gasteiger partial charge on any atom is -0.493 e. The van der Waals surface area contributed by atoms with Gasteiger partial charge in [0.25, 0.3) is 0 Å². The van der Waals surface area contributed by atoms with Crippen LogP contribution in [0.4, 0.5) is 0 Å². The molecule has 3 aromatic rings. The van der Waals surface area contributed by atoms with E-state index in [4.69, 9.17) is 9.47 Å². The van der Waals surface area contributed by atoms with Gasteiger partial charge in [-0.1, -0.05) is 6.07 Å². The maximum Gasteiger partial charge on any atom is 0.227 e. The first-order chi connectivity index (χ1) is 14.1. The zero-order valence-corrected chi connectivity index (χ0v) is 17.0. The molecule has 0 radical (unpaired) electrons. The van der Waals surface area contributed by atoms with E-state index in [1.165, 1.54) is 0 Å². The molecule has 4 rings (SSSR count). The molecular weight excluding hydrogens is 370 g/mol. The van der Waals surface area contributed by atoms with Crippen LogP contribution in [0.25, 0.3) is 11.2 Å². The Morgan fingerprint density at radius 3 is 2.76 bits per heavy atom. The Hall–Kier alpha value is -3.16. The summed E-state index contributed by atoms with van der Waals surface area (Å²) < 4.78 is 12.4. The van der Waals surface area contributed by atoms with Gasteiger partial charge in [-0.05, 0) is 30.5 Å². The molecule has 29 heavy (non-hydrogen) atoms. The number of carbonyl (C=O) groups excluding carboxylic acids is 1. The summed E-state index contributed by atoms with van der Waals surface area (Å²) in [4.78, 5) is 23.7. The zero-order valence-electron chi connectivity index (χ0n) is 17.0. The van der Waals surface area contributed by atoms with Crippen LogP contribution in [0.15, 0.2) is 30.6 Å². The van der Waals surface area contributed by atoms with Crippen molar-refractivity contribution in [1.29, 1.82) is 0 Å². The molecule has 2 aromatic heterocycles. The van der Waals surface area contributed by atoms with E-state index in [1.807, 2.05) is 30.1 Å². The van der Waals surface area contributed by atoms with Gasteiger partial charge in [0, 0.05) is 38.4 Å². The lowest BCUT2D eigenvalue weighted by Crippen LogP contribution is -2.40. The van der Waals surface area contributed by atoms with Gasteiger partial charge in [-0.25, -0.2) is 14.6 Å². The molecule has 0 saturated carbocycles. The van der Waals surface area contributed by atoms with Crippen molar-refractivity contribution in [3.8, 4) is 11.5 Å². The third-order valence-electron chi connectivity index (χ3n) is 5.45. The molecule has 152 valence electrons. The van der Waals surface area contributed by atoms with E-state index in [0.29, 0.717) is 24.5 Å². The van der Waals surface area contributed by atoms with Gasteiger partial charge >= 0.3 is 0 Å². The van der Waals surface area contributed by atoms with Crippen LogP contribution in [0.5, 0.6) is 11.5 Å². The van der Waals surface area contributed by atoms with Crippen molar-refractivity contribution in [2.45, 2.75) is 25.2 Å². The molecule has 1 unspecified atom stereocenters. The van der Waals surface area contributed by atoms with Crippen molar-refractivity contribution in [1.82, 2.24) is 24.6 Å². The van der Waals surface area contributed by atoms with E-state index in [1.54, 1.807) is 31.3 Å². The molecule has 1 atom stereocenters. The Morgan fingerprint density at radius 1 is 1.17 bits per heavy atom. The Labute approximate surface area is 169 Å². The number of amides is 1. The molecule has 0 N–H and O–H groups in total. The minimum atomic E-state index is 0.105. The van der Waals surface area contributed by atoms with E-state index in [2.05, 4.69) is 15.1 Å². The van der Waals surface area contributed by atoms with E-state index >= 15 is 0 Å². The first-order valence-corrected chi connectivity index (χ1v) is 9.73. The molecule has 0 aliphatic carbocycles. The zero-order chi connectivity index (χ0) is 20.4. The number of nitrogens with zero attached hydrogens (tertiary/aromatic N) is 5. The maximum absolute atomic E-state index is 13.0. The number of fused-ring (bicyclic) bond motifs is 1. The normalized spacial score (nSPS) is 16.8. The number of hydrogen-bond donors (Lipinski definition) is 0. The van der Waals surface area contributed by atoms with Gasteiger partial charge in [0.05, 0.1) is 26.3 Å². The van der Waals surface area contributed by atoms with E-state index in [9.17, 15) is 4.79 Å². The van der Waals surface area contributed by atoms with Crippen LogP contribution in [0.1, 0.15) is 30.0 Å². The summed E-state index contributed by atoms with van der Waals surface area (Å²) in [6, 6.07) is 5.60. The van der Waals surface area contributed by atoms with Gasteiger partial charge in [-0.15, -0.1) is 0 Å². The first kappa shape index (κ1) is 19.2. The second-order valence-electron chi connectivity index (χ2n) is 7.28. The predicted molar refractivity (Wildman–Crippen MR) is 108 cm³/mol. The number of benzene rings is 1. The quantitative estimate of drug-likeness (QED) is 0.659. The second-order valence-corrected chi connectivity index (χ2v) is 7.28. The minimum absolute atomic E-state index is 0.105. The standard InChI is InChI=1S/C21H25N5O3/c1-25-21-20(22-8-9-23-21)19(24-25)15-5-4-10-26(13-15)18(27)12-14-6-7-16(28-2)17(11-14)29-3/h6-9,11,15H,4-5,10,12-13H2,1-3H3. The predicted octanol–water partition coefficient (Wildman–Crippen LogP) is 2.33. The number of piperidine rings is 1. The van der Waals surface area contributed by atoms with Crippen LogP contribution in [0.2, 0.25) is 0 Å². The number of rotatable bonds is 5. The van der Waals surface area contributed by atoms with E-state index < -0.39 is 0 Å². The molecule has 8 heteroatoms. The molecule has 1 aliphatic heterocycles. The van der Waals surface area contributed by atoms with Gasteiger partial charge in [0.1, 0.15) is 5.52 Å². The highest BCUT2D eigenvalue weighted by Gasteiger charge is 2.28. The van der Waals surface area contributed by atoms with Crippen LogP contribution in [0.3, 0.4) is 0 Å². The summed E-state index contributed by atoms with van der Waals surface area (Å²) in [5.74, 6) is 1.56. The molecule has 1 fully saturated rings. The molecule has 0 bridgehead atoms. The Morgan fingerprint density at radius 2 is 1.97 bits per heavy atom. The molecule has 1 aliphatic rings. The van der Waals surface area contributed by atoms with Crippen molar-refractivity contribution < 1.29 is 14.3 Å². The van der Waals surface area contributed by atoms with Crippen LogP contribution < -0.4 is 9.47 Å². The number of carbonyl (C=O) groups is 1. The van der Waals surface area contributed by atoms with Crippen molar-refractivity contribution >= 4 is 17.1 Å². The van der Waals surface area contributed by atoms with Crippen LogP contribution >= 0.6 is 0 Å². The number of hydrogen-bond acceptors (Lipinski definition) is 6. The third-order valence-corrected chi connectivity index (χ3v) is 5.45. The highest BCUT2D eigenvalue weighted by Crippen LogP contribution is 2.31. The molecule has 1 saturated heterocycles. The average Bonchev–Trinajstić information content (AvgIpc) is 3.10. The average molecular weight is 395 g/mol. The number of aromatic nitrogens is 4. The fourth-order valence-electron chi connectivity index (χ4n) is 3.98. The molecule has 0 spiro atoms. The lowest BCUT2D eigenvalue weighted by molar-refractivity contribution is -0.131. The van der Waals surface area contributed by atoms with Gasteiger partial charge in [-0.3, -0.25) is 4.79 Å². The summed E-state index contributed by atoms with van der Waals surface area (Å²) in [5, 5.41) is 4.66. The summed E-state index contributed by atoms with van der Waals surface area (Å²) in [6.45, 7) is 1.41. The number of methoxy groups -OCH3 is 2. The second kappa shape index (κ2) is 8.06. The Balaban J connectivity index is 1.50. The molecule has 1 amide bonds. The smallest absolute Gasteiger partial charge is 0.227 e. The largest absolute Gasteiger partial charge is 0.493 e. The molecule has 1 aromatic carbocycles. The SMILES string of the molecule is COc1ccc(CC(=O)N2CCCC(c3nn(C)c4nccnc34)C2)cc1OC. The Bertz CT molecular complexity index is 1030. The van der Waals surface area contributed by atoms with E-state index in [0.717, 1.165) is 41.8 Å².